The van der Waals surface area contributed by atoms with Crippen LogP contribution in [0.25, 0.3) is 0 Å². The number of furan rings is 1. The van der Waals surface area contributed by atoms with Crippen LogP contribution in [0.4, 0.5) is 0 Å². The van der Waals surface area contributed by atoms with Crippen LogP contribution in [-0.2, 0) is 19.6 Å². The van der Waals surface area contributed by atoms with E-state index in [1.165, 1.54) is 0 Å². The van der Waals surface area contributed by atoms with Gasteiger partial charge in [-0.3, -0.25) is 4.79 Å². The largest absolute Gasteiger partial charge is 0.480 e. The van der Waals surface area contributed by atoms with Crippen molar-refractivity contribution in [1.29, 1.82) is 0 Å². The molecular weight excluding hydrogens is 266 g/mol. The first-order valence-corrected chi connectivity index (χ1v) is 6.19. The topological polar surface area (TPSA) is 123 Å². The fraction of sp³-hybridized carbons (Fsp3) is 0.333. The van der Waals surface area contributed by atoms with Crippen LogP contribution in [0.1, 0.15) is 17.5 Å². The van der Waals surface area contributed by atoms with Gasteiger partial charge in [-0.2, -0.15) is 4.72 Å². The number of sulfonamides is 1. The summed E-state index contributed by atoms with van der Waals surface area (Å²) in [7, 11) is -3.02. The van der Waals surface area contributed by atoms with E-state index >= 15 is 0 Å². The van der Waals surface area contributed by atoms with Crippen molar-refractivity contribution < 1.29 is 32.3 Å². The number of carbonyl (C=O) groups excluding carboxylic acids is 1. The van der Waals surface area contributed by atoms with Crippen LogP contribution in [0.15, 0.2) is 21.6 Å². The Bertz CT molecular complexity index is 559. The van der Waals surface area contributed by atoms with E-state index in [9.17, 15) is 18.0 Å². The number of carboxylic acid groups (broad SMARTS) is 1. The quantitative estimate of drug-likeness (QED) is 0.715. The Hall–Kier alpha value is -1.87. The Morgan fingerprint density at radius 1 is 1.44 bits per heavy atom. The molecule has 0 unspecified atom stereocenters. The molecule has 100 valence electrons. The number of rotatable bonds is 5. The molecule has 2 N–H and O–H groups in total. The number of carbonyl (C=O) groups is 2. The van der Waals surface area contributed by atoms with E-state index in [4.69, 9.17) is 9.52 Å². The number of hydrogen-bond donors (Lipinski definition) is 2. The average Bonchev–Trinajstić information content (AvgIpc) is 2.77. The molecule has 1 aromatic rings. The monoisotopic (exact) mass is 277 g/mol. The van der Waals surface area contributed by atoms with Crippen molar-refractivity contribution in [3.05, 3.63) is 17.9 Å². The molecule has 1 aromatic heterocycles. The third-order valence-corrected chi connectivity index (χ3v) is 3.35. The van der Waals surface area contributed by atoms with E-state index in [-0.39, 0.29) is 5.76 Å². The summed E-state index contributed by atoms with van der Waals surface area (Å²) in [5, 5.41) is 8.03. The van der Waals surface area contributed by atoms with Crippen LogP contribution in [0.2, 0.25) is 0 Å². The maximum Gasteiger partial charge on any atom is 0.374 e. The van der Waals surface area contributed by atoms with Gasteiger partial charge in [-0.1, -0.05) is 0 Å². The molecule has 18 heavy (non-hydrogen) atoms. The molecule has 0 aliphatic carbocycles. The lowest BCUT2D eigenvalue weighted by Gasteiger charge is -2.07. The maximum absolute atomic E-state index is 11.7. The van der Waals surface area contributed by atoms with Crippen LogP contribution in [0.5, 0.6) is 0 Å². The van der Waals surface area contributed by atoms with E-state index in [1.54, 1.807) is 0 Å². The van der Waals surface area contributed by atoms with Crippen LogP contribution in [0.3, 0.4) is 0 Å². The summed E-state index contributed by atoms with van der Waals surface area (Å²) in [6.07, 6.45) is 0. The number of methoxy groups -OCH3 is 1. The van der Waals surface area contributed by atoms with Crippen molar-refractivity contribution in [2.75, 3.05) is 7.11 Å². The third-order valence-electron chi connectivity index (χ3n) is 1.94. The maximum atomic E-state index is 11.7. The van der Waals surface area contributed by atoms with Gasteiger partial charge < -0.3 is 14.3 Å². The minimum Gasteiger partial charge on any atom is -0.480 e. The van der Waals surface area contributed by atoms with Crippen molar-refractivity contribution in [1.82, 2.24) is 4.72 Å². The predicted molar refractivity (Wildman–Crippen MR) is 57.5 cm³/mol. The Kier molecular flexibility index (Phi) is 4.09. The lowest BCUT2D eigenvalue weighted by atomic mass is 10.4. The number of nitrogens with one attached hydrogen (secondary N) is 1. The van der Waals surface area contributed by atoms with E-state index in [0.717, 1.165) is 26.2 Å². The SMILES string of the molecule is COC(=O)c1ccc(S(=O)(=O)N[C@@H](C)C(=O)O)o1. The fourth-order valence-electron chi connectivity index (χ4n) is 1.02. The summed E-state index contributed by atoms with van der Waals surface area (Å²) in [6.45, 7) is 1.16. The van der Waals surface area contributed by atoms with Crippen LogP contribution < -0.4 is 4.72 Å². The molecule has 0 fully saturated rings. The second kappa shape index (κ2) is 5.19. The zero-order valence-electron chi connectivity index (χ0n) is 9.54. The van der Waals surface area contributed by atoms with E-state index in [0.29, 0.717) is 0 Å². The van der Waals surface area contributed by atoms with Gasteiger partial charge >= 0.3 is 11.9 Å². The molecule has 0 radical (unpaired) electrons. The van der Waals surface area contributed by atoms with Gasteiger partial charge in [0.25, 0.3) is 10.0 Å². The Morgan fingerprint density at radius 2 is 2.06 bits per heavy atom. The number of aliphatic carboxylic acids is 1. The van der Waals surface area contributed by atoms with Gasteiger partial charge in [-0.05, 0) is 19.1 Å². The van der Waals surface area contributed by atoms with E-state index < -0.39 is 33.1 Å². The van der Waals surface area contributed by atoms with Gasteiger partial charge in [0, 0.05) is 0 Å². The molecular formula is C9H11NO7S. The lowest BCUT2D eigenvalue weighted by Crippen LogP contribution is -2.38. The highest BCUT2D eigenvalue weighted by molar-refractivity contribution is 7.89. The second-order valence-corrected chi connectivity index (χ2v) is 4.94. The van der Waals surface area contributed by atoms with Crippen molar-refractivity contribution in [2.45, 2.75) is 18.1 Å². The highest BCUT2D eigenvalue weighted by Gasteiger charge is 2.25. The summed E-state index contributed by atoms with van der Waals surface area (Å²) in [5.74, 6) is -2.46. The van der Waals surface area contributed by atoms with Crippen LogP contribution in [-0.4, -0.2) is 38.6 Å². The third kappa shape index (κ3) is 3.08. The molecule has 0 aromatic carbocycles. The molecule has 9 heteroatoms. The standard InChI is InChI=1S/C9H11NO7S/c1-5(8(11)12)10-18(14,15)7-4-3-6(17-7)9(13)16-2/h3-5,10H,1-2H3,(H,11,12)/t5-/m0/s1. The fourth-order valence-corrected chi connectivity index (χ4v) is 2.15. The average molecular weight is 277 g/mol. The van der Waals surface area contributed by atoms with Crippen LogP contribution >= 0.6 is 0 Å². The van der Waals surface area contributed by atoms with Gasteiger partial charge in [0.2, 0.25) is 10.9 Å². The summed E-state index contributed by atoms with van der Waals surface area (Å²) in [6, 6.07) is 0.830. The second-order valence-electron chi connectivity index (χ2n) is 3.29. The Labute approximate surface area is 103 Å². The first-order valence-electron chi connectivity index (χ1n) is 4.71. The number of carboxylic acids is 1. The molecule has 0 spiro atoms. The van der Waals surface area contributed by atoms with Gasteiger partial charge in [-0.15, -0.1) is 0 Å². The molecule has 0 aliphatic rings. The summed E-state index contributed by atoms with van der Waals surface area (Å²) < 4.78 is 34.3. The first kappa shape index (κ1) is 14.2. The number of ether oxygens (including phenoxy) is 1. The molecule has 1 rings (SSSR count). The summed E-state index contributed by atoms with van der Waals surface area (Å²) in [5.41, 5.74) is 0. The van der Waals surface area contributed by atoms with Crippen LogP contribution in [0, 0.1) is 0 Å². The van der Waals surface area contributed by atoms with Gasteiger partial charge in [0.1, 0.15) is 6.04 Å². The van der Waals surface area contributed by atoms with Crippen molar-refractivity contribution in [2.24, 2.45) is 0 Å². The zero-order chi connectivity index (χ0) is 13.9. The first-order chi connectivity index (χ1) is 8.27. The van der Waals surface area contributed by atoms with E-state index in [1.807, 2.05) is 4.72 Å². The number of hydrogen-bond acceptors (Lipinski definition) is 6. The molecule has 0 saturated carbocycles. The lowest BCUT2D eigenvalue weighted by molar-refractivity contribution is -0.138. The van der Waals surface area contributed by atoms with Gasteiger partial charge in [0.15, 0.2) is 0 Å². The summed E-state index contributed by atoms with van der Waals surface area (Å²) >= 11 is 0. The van der Waals surface area contributed by atoms with Crippen molar-refractivity contribution in [3.8, 4) is 0 Å². The molecule has 0 saturated heterocycles. The molecule has 0 bridgehead atoms. The van der Waals surface area contributed by atoms with Gasteiger partial charge in [0.05, 0.1) is 7.11 Å². The molecule has 1 atom stereocenters. The van der Waals surface area contributed by atoms with Crippen molar-refractivity contribution in [3.63, 3.8) is 0 Å². The molecule has 1 heterocycles. The molecule has 0 amide bonds. The molecule has 0 aliphatic heterocycles. The Balaban J connectivity index is 2.96. The minimum absolute atomic E-state index is 0.291. The van der Waals surface area contributed by atoms with Gasteiger partial charge in [-0.25, -0.2) is 13.2 Å². The minimum atomic E-state index is -4.13. The van der Waals surface area contributed by atoms with Crippen molar-refractivity contribution >= 4 is 22.0 Å². The Morgan fingerprint density at radius 3 is 2.56 bits per heavy atom. The summed E-state index contributed by atoms with van der Waals surface area (Å²) in [4.78, 5) is 21.6. The number of esters is 1. The normalized spacial score (nSPS) is 13.0. The predicted octanol–water partition coefficient (Wildman–Crippen LogP) is -0.182. The highest BCUT2D eigenvalue weighted by atomic mass is 32.2. The van der Waals surface area contributed by atoms with E-state index in [2.05, 4.69) is 4.74 Å². The molecule has 8 nitrogen and oxygen atoms in total. The highest BCUT2D eigenvalue weighted by Crippen LogP contribution is 2.14. The smallest absolute Gasteiger partial charge is 0.374 e. The zero-order valence-corrected chi connectivity index (χ0v) is 10.4.